The van der Waals surface area contributed by atoms with Crippen LogP contribution in [0.4, 0.5) is 5.69 Å². The summed E-state index contributed by atoms with van der Waals surface area (Å²) in [7, 11) is 0. The predicted molar refractivity (Wildman–Crippen MR) is 88.4 cm³/mol. The molecule has 0 saturated heterocycles. The Bertz CT molecular complexity index is 613. The summed E-state index contributed by atoms with van der Waals surface area (Å²) in [4.78, 5) is 14.1. The van der Waals surface area contributed by atoms with Crippen LogP contribution in [0.5, 0.6) is 0 Å². The molecule has 0 saturated carbocycles. The van der Waals surface area contributed by atoms with E-state index in [2.05, 4.69) is 11.9 Å². The minimum atomic E-state index is -0.572. The van der Waals surface area contributed by atoms with Crippen LogP contribution in [0, 0.1) is 0 Å². The van der Waals surface area contributed by atoms with Crippen LogP contribution in [0.3, 0.4) is 0 Å². The number of amides is 1. The first-order valence-electron chi connectivity index (χ1n) is 6.70. The first-order chi connectivity index (χ1) is 10.2. The third kappa shape index (κ3) is 4.48. The molecule has 4 heteroatoms. The normalized spacial score (nSPS) is 11.7. The SMILES string of the molecule is C=CCC(N)C(=O)Nc1ccccc1Sc1ccccc1. The minimum Gasteiger partial charge on any atom is -0.324 e. The molecule has 0 aromatic heterocycles. The van der Waals surface area contributed by atoms with Gasteiger partial charge in [-0.05, 0) is 30.7 Å². The number of hydrogen-bond acceptors (Lipinski definition) is 3. The Morgan fingerprint density at radius 3 is 2.57 bits per heavy atom. The summed E-state index contributed by atoms with van der Waals surface area (Å²) >= 11 is 1.61. The van der Waals surface area contributed by atoms with Gasteiger partial charge in [0.2, 0.25) is 5.91 Å². The Hall–Kier alpha value is -2.04. The van der Waals surface area contributed by atoms with Crippen LogP contribution in [-0.2, 0) is 4.79 Å². The van der Waals surface area contributed by atoms with Crippen molar-refractivity contribution >= 4 is 23.4 Å². The molecule has 1 unspecified atom stereocenters. The van der Waals surface area contributed by atoms with E-state index in [0.29, 0.717) is 6.42 Å². The number of benzene rings is 2. The molecule has 0 bridgehead atoms. The van der Waals surface area contributed by atoms with Crippen LogP contribution in [0.25, 0.3) is 0 Å². The van der Waals surface area contributed by atoms with E-state index in [1.165, 1.54) is 0 Å². The zero-order valence-electron chi connectivity index (χ0n) is 11.7. The van der Waals surface area contributed by atoms with E-state index in [1.54, 1.807) is 17.8 Å². The lowest BCUT2D eigenvalue weighted by molar-refractivity contribution is -0.117. The number of hydrogen-bond donors (Lipinski definition) is 2. The quantitative estimate of drug-likeness (QED) is 0.800. The summed E-state index contributed by atoms with van der Waals surface area (Å²) in [6.07, 6.45) is 2.11. The lowest BCUT2D eigenvalue weighted by Crippen LogP contribution is -2.35. The second-order valence-electron chi connectivity index (χ2n) is 4.53. The van der Waals surface area contributed by atoms with Crippen molar-refractivity contribution in [2.75, 3.05) is 5.32 Å². The number of para-hydroxylation sites is 1. The maximum Gasteiger partial charge on any atom is 0.241 e. The molecule has 0 spiro atoms. The molecule has 0 aliphatic rings. The highest BCUT2D eigenvalue weighted by molar-refractivity contribution is 7.99. The summed E-state index contributed by atoms with van der Waals surface area (Å²) in [5.74, 6) is -0.198. The molecule has 2 aromatic carbocycles. The zero-order valence-corrected chi connectivity index (χ0v) is 12.5. The van der Waals surface area contributed by atoms with E-state index < -0.39 is 6.04 Å². The number of carbonyl (C=O) groups is 1. The summed E-state index contributed by atoms with van der Waals surface area (Å²) in [5, 5.41) is 2.88. The second-order valence-corrected chi connectivity index (χ2v) is 5.65. The van der Waals surface area contributed by atoms with Crippen LogP contribution in [0.15, 0.2) is 77.0 Å². The van der Waals surface area contributed by atoms with Gasteiger partial charge in [0.1, 0.15) is 0 Å². The van der Waals surface area contributed by atoms with Gasteiger partial charge < -0.3 is 11.1 Å². The van der Waals surface area contributed by atoms with Crippen LogP contribution < -0.4 is 11.1 Å². The van der Waals surface area contributed by atoms with E-state index in [0.717, 1.165) is 15.5 Å². The van der Waals surface area contributed by atoms with Gasteiger partial charge >= 0.3 is 0 Å². The van der Waals surface area contributed by atoms with Gasteiger partial charge in [-0.25, -0.2) is 0 Å². The highest BCUT2D eigenvalue weighted by Gasteiger charge is 2.13. The smallest absolute Gasteiger partial charge is 0.241 e. The summed E-state index contributed by atoms with van der Waals surface area (Å²) < 4.78 is 0. The number of carbonyl (C=O) groups excluding carboxylic acids is 1. The molecule has 108 valence electrons. The predicted octanol–water partition coefficient (Wildman–Crippen LogP) is 3.68. The number of rotatable bonds is 6. The van der Waals surface area contributed by atoms with E-state index in [-0.39, 0.29) is 5.91 Å². The molecule has 1 amide bonds. The fourth-order valence-electron chi connectivity index (χ4n) is 1.79. The first-order valence-corrected chi connectivity index (χ1v) is 7.51. The maximum atomic E-state index is 12.0. The van der Waals surface area contributed by atoms with E-state index in [1.807, 2.05) is 54.6 Å². The summed E-state index contributed by atoms with van der Waals surface area (Å²) in [5.41, 5.74) is 6.56. The zero-order chi connectivity index (χ0) is 15.1. The van der Waals surface area contributed by atoms with Gasteiger partial charge in [0.15, 0.2) is 0 Å². The van der Waals surface area contributed by atoms with Crippen molar-refractivity contribution in [1.82, 2.24) is 0 Å². The second kappa shape index (κ2) is 7.67. The Kier molecular flexibility index (Phi) is 5.60. The molecule has 3 N–H and O–H groups in total. The lowest BCUT2D eigenvalue weighted by atomic mass is 10.2. The summed E-state index contributed by atoms with van der Waals surface area (Å²) in [6.45, 7) is 3.60. The van der Waals surface area contributed by atoms with Gasteiger partial charge in [0.25, 0.3) is 0 Å². The third-order valence-corrected chi connectivity index (χ3v) is 3.96. The molecule has 3 nitrogen and oxygen atoms in total. The van der Waals surface area contributed by atoms with Gasteiger partial charge in [-0.2, -0.15) is 0 Å². The van der Waals surface area contributed by atoms with Crippen molar-refractivity contribution in [3.05, 3.63) is 67.3 Å². The Morgan fingerprint density at radius 1 is 1.19 bits per heavy atom. The van der Waals surface area contributed by atoms with Crippen molar-refractivity contribution < 1.29 is 4.79 Å². The minimum absolute atomic E-state index is 0.198. The van der Waals surface area contributed by atoms with E-state index in [9.17, 15) is 4.79 Å². The van der Waals surface area contributed by atoms with Gasteiger partial charge in [-0.3, -0.25) is 4.79 Å². The topological polar surface area (TPSA) is 55.1 Å². The van der Waals surface area contributed by atoms with Crippen molar-refractivity contribution in [1.29, 1.82) is 0 Å². The largest absolute Gasteiger partial charge is 0.324 e. The van der Waals surface area contributed by atoms with Crippen LogP contribution in [0.1, 0.15) is 6.42 Å². The van der Waals surface area contributed by atoms with Gasteiger partial charge in [-0.1, -0.05) is 48.2 Å². The molecule has 0 fully saturated rings. The molecule has 0 heterocycles. The first kappa shape index (κ1) is 15.4. The standard InChI is InChI=1S/C17H18N2OS/c1-2-8-14(18)17(20)19-15-11-6-7-12-16(15)21-13-9-4-3-5-10-13/h2-7,9-12,14H,1,8,18H2,(H,19,20). The Balaban J connectivity index is 2.13. The van der Waals surface area contributed by atoms with Crippen LogP contribution in [-0.4, -0.2) is 11.9 Å². The molecular weight excluding hydrogens is 280 g/mol. The molecule has 21 heavy (non-hydrogen) atoms. The van der Waals surface area contributed by atoms with Gasteiger partial charge in [0, 0.05) is 9.79 Å². The van der Waals surface area contributed by atoms with Gasteiger partial charge in [-0.15, -0.1) is 6.58 Å². The van der Waals surface area contributed by atoms with E-state index in [4.69, 9.17) is 5.73 Å². The fourth-order valence-corrected chi connectivity index (χ4v) is 2.71. The number of nitrogens with two attached hydrogens (primary N) is 1. The number of anilines is 1. The summed E-state index contributed by atoms with van der Waals surface area (Å²) in [6, 6.07) is 17.2. The van der Waals surface area contributed by atoms with Crippen molar-refractivity contribution in [3.8, 4) is 0 Å². The lowest BCUT2D eigenvalue weighted by Gasteiger charge is -2.13. The average Bonchev–Trinajstić information content (AvgIpc) is 2.50. The Morgan fingerprint density at radius 2 is 1.86 bits per heavy atom. The van der Waals surface area contributed by atoms with Crippen molar-refractivity contribution in [3.63, 3.8) is 0 Å². The van der Waals surface area contributed by atoms with Crippen LogP contribution in [0.2, 0.25) is 0 Å². The maximum absolute atomic E-state index is 12.0. The fraction of sp³-hybridized carbons (Fsp3) is 0.118. The molecule has 0 aliphatic carbocycles. The van der Waals surface area contributed by atoms with Crippen molar-refractivity contribution in [2.45, 2.75) is 22.3 Å². The van der Waals surface area contributed by atoms with E-state index >= 15 is 0 Å². The molecule has 0 aliphatic heterocycles. The number of nitrogens with one attached hydrogen (secondary N) is 1. The highest BCUT2D eigenvalue weighted by atomic mass is 32.2. The Labute approximate surface area is 129 Å². The molecular formula is C17H18N2OS. The third-order valence-electron chi connectivity index (χ3n) is 2.87. The highest BCUT2D eigenvalue weighted by Crippen LogP contribution is 2.33. The van der Waals surface area contributed by atoms with Gasteiger partial charge in [0.05, 0.1) is 11.7 Å². The monoisotopic (exact) mass is 298 g/mol. The molecule has 1 atom stereocenters. The molecule has 2 rings (SSSR count). The average molecular weight is 298 g/mol. The molecule has 2 aromatic rings. The van der Waals surface area contributed by atoms with Crippen LogP contribution >= 0.6 is 11.8 Å². The van der Waals surface area contributed by atoms with Crippen molar-refractivity contribution in [2.24, 2.45) is 5.73 Å². The molecule has 0 radical (unpaired) electrons.